The number of hydrogen-bond acceptors (Lipinski definition) is 1. The third kappa shape index (κ3) is 5.52. The summed E-state index contributed by atoms with van der Waals surface area (Å²) in [6, 6.07) is 0. The first kappa shape index (κ1) is 11.9. The molecule has 1 atom stereocenters. The van der Waals surface area contributed by atoms with E-state index < -0.39 is 11.9 Å². The summed E-state index contributed by atoms with van der Waals surface area (Å²) in [6.07, 6.45) is -0.706. The number of thioether (sulfide) groups is 1. The van der Waals surface area contributed by atoms with Crippen molar-refractivity contribution in [3.8, 4) is 0 Å². The van der Waals surface area contributed by atoms with Crippen molar-refractivity contribution < 1.29 is 13.2 Å². The van der Waals surface area contributed by atoms with Gasteiger partial charge in [-0.1, -0.05) is 6.92 Å². The van der Waals surface area contributed by atoms with Gasteiger partial charge in [-0.25, -0.2) is 13.2 Å². The van der Waals surface area contributed by atoms with Crippen LogP contribution >= 0.6 is 11.8 Å². The lowest BCUT2D eigenvalue weighted by Crippen LogP contribution is -1.97. The second-order valence-electron chi connectivity index (χ2n) is 2.43. The summed E-state index contributed by atoms with van der Waals surface area (Å²) in [6.45, 7) is 3.16. The molecule has 0 aromatic carbocycles. The quantitative estimate of drug-likeness (QED) is 0.608. The summed E-state index contributed by atoms with van der Waals surface area (Å²) >= 11 is 1.05. The molecule has 0 radical (unpaired) electrons. The highest BCUT2D eigenvalue weighted by molar-refractivity contribution is 7.99. The van der Waals surface area contributed by atoms with Gasteiger partial charge in [-0.05, 0) is 30.7 Å². The average molecular weight is 198 g/mol. The van der Waals surface area contributed by atoms with Gasteiger partial charge in [-0.15, -0.1) is 11.8 Å². The Hall–Kier alpha value is -0.120. The van der Waals surface area contributed by atoms with Gasteiger partial charge in [0.25, 0.3) is 6.43 Å². The molecule has 0 fully saturated rings. The van der Waals surface area contributed by atoms with Crippen molar-refractivity contribution in [2.24, 2.45) is 0 Å². The number of hydrogen-bond donors (Lipinski definition) is 0. The lowest BCUT2D eigenvalue weighted by molar-refractivity contribution is 0.189. The minimum atomic E-state index is -2.54. The minimum Gasteiger partial charge on any atom is -0.231 e. The first-order valence-corrected chi connectivity index (χ1v) is 4.85. The van der Waals surface area contributed by atoms with E-state index >= 15 is 0 Å². The molecular formula is C8H13F3S. The summed E-state index contributed by atoms with van der Waals surface area (Å²) in [5.41, 5.74) is -1.48. The van der Waals surface area contributed by atoms with Crippen LogP contribution in [0.2, 0.25) is 0 Å². The van der Waals surface area contributed by atoms with Crippen LogP contribution in [-0.4, -0.2) is 17.7 Å². The molecule has 0 N–H and O–H groups in total. The highest BCUT2D eigenvalue weighted by Gasteiger charge is 2.09. The molecule has 12 heavy (non-hydrogen) atoms. The van der Waals surface area contributed by atoms with Crippen molar-refractivity contribution in [1.82, 2.24) is 0 Å². The van der Waals surface area contributed by atoms with Crippen LogP contribution in [0.1, 0.15) is 20.3 Å². The molecule has 72 valence electrons. The lowest BCUT2D eigenvalue weighted by Gasteiger charge is -2.03. The SMILES string of the molecule is CCCSC(F)C=C(C)C(F)F. The minimum absolute atomic E-state index is 0.189. The maximum absolute atomic E-state index is 12.8. The Morgan fingerprint density at radius 2 is 2.00 bits per heavy atom. The highest BCUT2D eigenvalue weighted by Crippen LogP contribution is 2.18. The number of allylic oxidation sites excluding steroid dienone is 1. The van der Waals surface area contributed by atoms with E-state index in [1.54, 1.807) is 0 Å². The lowest BCUT2D eigenvalue weighted by atomic mass is 10.3. The largest absolute Gasteiger partial charge is 0.259 e. The third-order valence-electron chi connectivity index (χ3n) is 1.22. The van der Waals surface area contributed by atoms with Gasteiger partial charge in [0.05, 0.1) is 0 Å². The van der Waals surface area contributed by atoms with Gasteiger partial charge >= 0.3 is 0 Å². The number of alkyl halides is 3. The maximum atomic E-state index is 12.8. The fraction of sp³-hybridized carbons (Fsp3) is 0.750. The topological polar surface area (TPSA) is 0 Å². The molecule has 0 aliphatic heterocycles. The van der Waals surface area contributed by atoms with E-state index in [9.17, 15) is 13.2 Å². The first-order valence-electron chi connectivity index (χ1n) is 3.80. The van der Waals surface area contributed by atoms with E-state index in [0.29, 0.717) is 5.75 Å². The zero-order chi connectivity index (χ0) is 9.56. The average Bonchev–Trinajstić information content (AvgIpc) is 2.00. The van der Waals surface area contributed by atoms with Crippen molar-refractivity contribution in [3.05, 3.63) is 11.6 Å². The van der Waals surface area contributed by atoms with E-state index in [1.807, 2.05) is 6.92 Å². The van der Waals surface area contributed by atoms with Gasteiger partial charge in [0.15, 0.2) is 5.50 Å². The smallest absolute Gasteiger partial charge is 0.231 e. The normalized spacial score (nSPS) is 15.3. The van der Waals surface area contributed by atoms with Crippen LogP contribution in [-0.2, 0) is 0 Å². The molecule has 4 heteroatoms. The maximum Gasteiger partial charge on any atom is 0.259 e. The van der Waals surface area contributed by atoms with E-state index in [2.05, 4.69) is 0 Å². The van der Waals surface area contributed by atoms with Crippen LogP contribution < -0.4 is 0 Å². The molecule has 0 aromatic rings. The van der Waals surface area contributed by atoms with Gasteiger partial charge < -0.3 is 0 Å². The van der Waals surface area contributed by atoms with E-state index in [4.69, 9.17) is 0 Å². The van der Waals surface area contributed by atoms with E-state index in [-0.39, 0.29) is 5.57 Å². The van der Waals surface area contributed by atoms with Gasteiger partial charge in [0.2, 0.25) is 0 Å². The summed E-state index contributed by atoms with van der Waals surface area (Å²) in [5, 5.41) is 0. The molecular weight excluding hydrogens is 185 g/mol. The Morgan fingerprint density at radius 3 is 2.42 bits per heavy atom. The van der Waals surface area contributed by atoms with Crippen LogP contribution in [0.3, 0.4) is 0 Å². The van der Waals surface area contributed by atoms with Gasteiger partial charge in [0.1, 0.15) is 0 Å². The standard InChI is InChI=1S/C8H13F3S/c1-3-4-12-7(9)5-6(2)8(10)11/h5,7-8H,3-4H2,1-2H3. The Kier molecular flexibility index (Phi) is 6.34. The number of halogens is 3. The van der Waals surface area contributed by atoms with Crippen molar-refractivity contribution in [2.45, 2.75) is 32.2 Å². The van der Waals surface area contributed by atoms with E-state index in [1.165, 1.54) is 6.92 Å². The molecule has 0 aliphatic rings. The molecule has 0 amide bonds. The van der Waals surface area contributed by atoms with Gasteiger partial charge in [-0.3, -0.25) is 0 Å². The summed E-state index contributed by atoms with van der Waals surface area (Å²) in [5.74, 6) is 0.661. The second kappa shape index (κ2) is 6.40. The zero-order valence-corrected chi connectivity index (χ0v) is 8.00. The van der Waals surface area contributed by atoms with Crippen LogP contribution in [0.15, 0.2) is 11.6 Å². The summed E-state index contributed by atoms with van der Waals surface area (Å²) in [7, 11) is 0. The van der Waals surface area contributed by atoms with E-state index in [0.717, 1.165) is 24.3 Å². The Balaban J connectivity index is 3.79. The van der Waals surface area contributed by atoms with Crippen molar-refractivity contribution in [2.75, 3.05) is 5.75 Å². The van der Waals surface area contributed by atoms with Crippen molar-refractivity contribution in [1.29, 1.82) is 0 Å². The molecule has 1 unspecified atom stereocenters. The van der Waals surface area contributed by atoms with Crippen LogP contribution in [0, 0.1) is 0 Å². The Morgan fingerprint density at radius 1 is 1.42 bits per heavy atom. The molecule has 0 nitrogen and oxygen atoms in total. The van der Waals surface area contributed by atoms with Gasteiger partial charge in [0, 0.05) is 0 Å². The van der Waals surface area contributed by atoms with Crippen LogP contribution in [0.4, 0.5) is 13.2 Å². The molecule has 0 rings (SSSR count). The monoisotopic (exact) mass is 198 g/mol. The molecule has 0 bridgehead atoms. The fourth-order valence-corrected chi connectivity index (χ4v) is 1.33. The van der Waals surface area contributed by atoms with Crippen LogP contribution in [0.25, 0.3) is 0 Å². The van der Waals surface area contributed by atoms with Crippen molar-refractivity contribution >= 4 is 11.8 Å². The molecule has 0 aromatic heterocycles. The van der Waals surface area contributed by atoms with Crippen LogP contribution in [0.5, 0.6) is 0 Å². The summed E-state index contributed by atoms with van der Waals surface area (Å²) in [4.78, 5) is 0. The molecule has 0 saturated heterocycles. The molecule has 0 aliphatic carbocycles. The third-order valence-corrected chi connectivity index (χ3v) is 2.32. The molecule has 0 spiro atoms. The fourth-order valence-electron chi connectivity index (χ4n) is 0.558. The molecule has 0 heterocycles. The molecule has 0 saturated carbocycles. The second-order valence-corrected chi connectivity index (χ2v) is 3.63. The Labute approximate surface area is 75.2 Å². The van der Waals surface area contributed by atoms with Gasteiger partial charge in [-0.2, -0.15) is 0 Å². The predicted molar refractivity (Wildman–Crippen MR) is 47.4 cm³/mol. The summed E-state index contributed by atoms with van der Waals surface area (Å²) < 4.78 is 36.5. The number of rotatable bonds is 5. The van der Waals surface area contributed by atoms with Crippen molar-refractivity contribution in [3.63, 3.8) is 0 Å². The first-order chi connectivity index (χ1) is 5.57. The zero-order valence-electron chi connectivity index (χ0n) is 7.19. The Bertz CT molecular complexity index is 145. The highest BCUT2D eigenvalue weighted by atomic mass is 32.2. The predicted octanol–water partition coefficient (Wildman–Crippen LogP) is 3.64.